The molecule has 0 unspecified atom stereocenters. The van der Waals surface area contributed by atoms with Crippen molar-refractivity contribution in [1.29, 1.82) is 0 Å². The van der Waals surface area contributed by atoms with Crippen molar-refractivity contribution in [2.45, 2.75) is 50.0 Å². The van der Waals surface area contributed by atoms with E-state index in [9.17, 15) is 22.7 Å². The van der Waals surface area contributed by atoms with Crippen LogP contribution in [0, 0.1) is 0 Å². The maximum Gasteiger partial charge on any atom is 0.283 e. The second-order valence-electron chi connectivity index (χ2n) is 9.71. The van der Waals surface area contributed by atoms with Gasteiger partial charge in [-0.25, -0.2) is 18.2 Å². The molecular weight excluding hydrogens is 496 g/mol. The van der Waals surface area contributed by atoms with E-state index in [1.165, 1.54) is 11.3 Å². The van der Waals surface area contributed by atoms with Crippen LogP contribution in [0.4, 0.5) is 17.6 Å². The van der Waals surface area contributed by atoms with Crippen LogP contribution < -0.4 is 4.74 Å². The van der Waals surface area contributed by atoms with Crippen LogP contribution in [-0.2, 0) is 6.42 Å². The summed E-state index contributed by atoms with van der Waals surface area (Å²) in [6, 6.07) is 7.08. The first-order chi connectivity index (χ1) is 17.3. The molecule has 6 nitrogen and oxygen atoms in total. The fourth-order valence-electron chi connectivity index (χ4n) is 5.34. The molecule has 4 heterocycles. The Kier molecular flexibility index (Phi) is 7.26. The zero-order chi connectivity index (χ0) is 25.4. The van der Waals surface area contributed by atoms with E-state index in [0.29, 0.717) is 30.8 Å². The molecule has 2 N–H and O–H groups in total. The minimum Gasteiger partial charge on any atom is -0.462 e. The van der Waals surface area contributed by atoms with E-state index >= 15 is 0 Å². The Morgan fingerprint density at radius 1 is 1.28 bits per heavy atom. The number of alkyl halides is 4. The predicted octanol–water partition coefficient (Wildman–Crippen LogP) is 4.35. The van der Waals surface area contributed by atoms with Crippen LogP contribution >= 0.6 is 11.3 Å². The molecule has 3 aromatic rings. The Labute approximate surface area is 210 Å². The van der Waals surface area contributed by atoms with Gasteiger partial charge in [0.05, 0.1) is 24.1 Å². The quantitative estimate of drug-likeness (QED) is 0.406. The number of aliphatic hydroxyl groups is 1. The predicted molar refractivity (Wildman–Crippen MR) is 131 cm³/mol. The van der Waals surface area contributed by atoms with E-state index in [1.807, 2.05) is 36.1 Å². The van der Waals surface area contributed by atoms with Gasteiger partial charge < -0.3 is 14.8 Å². The summed E-state index contributed by atoms with van der Waals surface area (Å²) >= 11 is 1.21. The number of nitrogens with zero attached hydrogens (tertiary/aromatic N) is 3. The molecule has 11 heteroatoms. The largest absolute Gasteiger partial charge is 0.462 e. The van der Waals surface area contributed by atoms with E-state index in [2.05, 4.69) is 9.97 Å². The van der Waals surface area contributed by atoms with Crippen molar-refractivity contribution in [3.05, 3.63) is 46.6 Å². The summed E-state index contributed by atoms with van der Waals surface area (Å²) in [5.74, 6) is -3.27. The monoisotopic (exact) mass is 526 g/mol. The summed E-state index contributed by atoms with van der Waals surface area (Å²) < 4.78 is 61.8. The first kappa shape index (κ1) is 25.4. The molecule has 0 radical (unpaired) electrons. The van der Waals surface area contributed by atoms with Gasteiger partial charge in [0.15, 0.2) is 6.17 Å². The third-order valence-corrected chi connectivity index (χ3v) is 8.01. The smallest absolute Gasteiger partial charge is 0.283 e. The Balaban J connectivity index is 1.45. The van der Waals surface area contributed by atoms with Crippen LogP contribution in [0.1, 0.15) is 35.5 Å². The molecule has 2 aliphatic rings. The lowest BCUT2D eigenvalue weighted by Crippen LogP contribution is -2.49. The molecule has 1 aromatic carbocycles. The van der Waals surface area contributed by atoms with Gasteiger partial charge in [0.25, 0.3) is 11.1 Å². The van der Waals surface area contributed by atoms with E-state index in [-0.39, 0.29) is 17.8 Å². The molecule has 36 heavy (non-hydrogen) atoms. The molecule has 2 aliphatic heterocycles. The highest BCUT2D eigenvalue weighted by molar-refractivity contribution is 7.13. The number of likely N-dealkylation sites (tertiary alicyclic amines) is 1. The van der Waals surface area contributed by atoms with E-state index in [4.69, 9.17) is 4.74 Å². The highest BCUT2D eigenvalue weighted by Gasteiger charge is 2.42. The topological polar surface area (TPSA) is 64.6 Å². The number of nitrogens with one attached hydrogen (secondary N) is 1. The molecule has 196 valence electrons. The molecule has 4 atom stereocenters. The van der Waals surface area contributed by atoms with Crippen molar-refractivity contribution in [2.24, 2.45) is 0 Å². The number of hydrogen-bond acceptors (Lipinski definition) is 6. The lowest BCUT2D eigenvalue weighted by Gasteiger charge is -2.41. The molecule has 0 amide bonds. The van der Waals surface area contributed by atoms with Crippen LogP contribution in [0.5, 0.6) is 5.19 Å². The molecule has 1 saturated heterocycles. The number of thiazole rings is 1. The van der Waals surface area contributed by atoms with Crippen molar-refractivity contribution >= 4 is 22.2 Å². The van der Waals surface area contributed by atoms with Crippen molar-refractivity contribution in [1.82, 2.24) is 19.8 Å². The van der Waals surface area contributed by atoms with Crippen molar-refractivity contribution in [3.63, 3.8) is 0 Å². The van der Waals surface area contributed by atoms with Gasteiger partial charge in [-0.3, -0.25) is 14.2 Å². The molecule has 2 aromatic heterocycles. The van der Waals surface area contributed by atoms with Gasteiger partial charge in [0.2, 0.25) is 0 Å². The summed E-state index contributed by atoms with van der Waals surface area (Å²) in [4.78, 5) is 12.0. The Bertz CT molecular complexity index is 1190. The minimum atomic E-state index is -3.27. The van der Waals surface area contributed by atoms with E-state index < -0.39 is 44.1 Å². The summed E-state index contributed by atoms with van der Waals surface area (Å²) in [5, 5.41) is 10.6. The summed E-state index contributed by atoms with van der Waals surface area (Å²) in [7, 11) is 0. The van der Waals surface area contributed by atoms with E-state index in [1.54, 1.807) is 11.1 Å². The summed E-state index contributed by atoms with van der Waals surface area (Å²) in [6.07, 6.45) is 0.603. The van der Waals surface area contributed by atoms with Crippen LogP contribution in [0.15, 0.2) is 30.5 Å². The molecule has 0 aliphatic carbocycles. The highest BCUT2D eigenvalue weighted by atomic mass is 32.1. The first-order valence-corrected chi connectivity index (χ1v) is 13.0. The van der Waals surface area contributed by atoms with Gasteiger partial charge in [-0.2, -0.15) is 0 Å². The lowest BCUT2D eigenvalue weighted by atomic mass is 9.91. The zero-order valence-corrected chi connectivity index (χ0v) is 20.8. The van der Waals surface area contributed by atoms with Gasteiger partial charge in [0.1, 0.15) is 12.7 Å². The number of para-hydroxylation sites is 1. The van der Waals surface area contributed by atoms with Crippen molar-refractivity contribution < 1.29 is 27.4 Å². The minimum absolute atomic E-state index is 0.186. The zero-order valence-electron chi connectivity index (χ0n) is 20.0. The Morgan fingerprint density at radius 2 is 2.08 bits per heavy atom. The maximum absolute atomic E-state index is 14.6. The number of hydrogen-bond donors (Lipinski definition) is 2. The van der Waals surface area contributed by atoms with Gasteiger partial charge >= 0.3 is 0 Å². The van der Waals surface area contributed by atoms with Crippen LogP contribution in [0.25, 0.3) is 10.9 Å². The average molecular weight is 527 g/mol. The van der Waals surface area contributed by atoms with Crippen molar-refractivity contribution in [3.8, 4) is 5.19 Å². The SMILES string of the molecule is C[C@@H]1Cc2c([nH]c3ccccc23)[C@@H](c2cnc(O[C@H]3CN(CCCF)C[C@H]3F)s2)N1CC(F)(F)CO. The maximum atomic E-state index is 14.6. The highest BCUT2D eigenvalue weighted by Crippen LogP contribution is 2.44. The van der Waals surface area contributed by atoms with Gasteiger partial charge in [0, 0.05) is 48.5 Å². The number of H-pyrrole nitrogens is 1. The number of aromatic amines is 1. The van der Waals surface area contributed by atoms with Crippen molar-refractivity contribution in [2.75, 3.05) is 39.5 Å². The summed E-state index contributed by atoms with van der Waals surface area (Å²) in [6.45, 7) is 0.604. The summed E-state index contributed by atoms with van der Waals surface area (Å²) in [5.41, 5.74) is 2.82. The van der Waals surface area contributed by atoms with Crippen LogP contribution in [-0.4, -0.2) is 88.6 Å². The Hall–Kier alpha value is -2.21. The number of ether oxygens (including phenoxy) is 1. The van der Waals surface area contributed by atoms with Crippen LogP contribution in [0.3, 0.4) is 0 Å². The Morgan fingerprint density at radius 3 is 2.86 bits per heavy atom. The molecule has 0 bridgehead atoms. The fraction of sp³-hybridized carbons (Fsp3) is 0.560. The number of benzene rings is 1. The number of rotatable bonds is 9. The lowest BCUT2D eigenvalue weighted by molar-refractivity contribution is -0.0862. The second-order valence-corrected chi connectivity index (χ2v) is 10.7. The molecular formula is C25H30F4N4O2S. The molecule has 0 spiro atoms. The first-order valence-electron chi connectivity index (χ1n) is 12.2. The van der Waals surface area contributed by atoms with Gasteiger partial charge in [-0.15, -0.1) is 0 Å². The average Bonchev–Trinajstić information content (AvgIpc) is 3.56. The number of aliphatic hydroxyl groups excluding tert-OH is 1. The van der Waals surface area contributed by atoms with E-state index in [0.717, 1.165) is 22.2 Å². The standard InChI is InChI=1S/C25H30F4N4O2S/c1-15-9-17-16-5-2-3-6-19(16)31-22(17)23(33(15)13-25(28,29)14-34)21-10-30-24(36-21)35-20-12-32(8-4-7-26)11-18(20)27/h2-3,5-6,10,15,18,20,23,31,34H,4,7-9,11-14H2,1H3/t15-,18-,20+,23-/m1/s1. The van der Waals surface area contributed by atoms with Gasteiger partial charge in [-0.1, -0.05) is 29.5 Å². The second kappa shape index (κ2) is 10.3. The third-order valence-electron chi connectivity index (χ3n) is 7.07. The molecule has 1 fully saturated rings. The molecule has 5 rings (SSSR count). The van der Waals surface area contributed by atoms with Crippen LogP contribution in [0.2, 0.25) is 0 Å². The third kappa shape index (κ3) is 4.98. The molecule has 0 saturated carbocycles. The number of halogens is 4. The number of aromatic nitrogens is 2. The number of fused-ring (bicyclic) bond motifs is 3. The normalized spacial score (nSPS) is 25.5. The van der Waals surface area contributed by atoms with Gasteiger partial charge in [-0.05, 0) is 31.4 Å². The fourth-order valence-corrected chi connectivity index (χ4v) is 6.29.